The lowest BCUT2D eigenvalue weighted by Crippen LogP contribution is -1.98. The van der Waals surface area contributed by atoms with Crippen molar-refractivity contribution in [2.75, 3.05) is 18.0 Å². The number of hydrogen-bond acceptors (Lipinski definition) is 3. The predicted molar refractivity (Wildman–Crippen MR) is 55.8 cm³/mol. The van der Waals surface area contributed by atoms with Crippen LogP contribution in [0.15, 0.2) is 18.2 Å². The topological polar surface area (TPSA) is 78.1 Å². The van der Waals surface area contributed by atoms with Gasteiger partial charge in [-0.1, -0.05) is 17.9 Å². The fourth-order valence-corrected chi connectivity index (χ4v) is 0.922. The maximum absolute atomic E-state index is 5.71. The Morgan fingerprint density at radius 2 is 2.00 bits per heavy atom. The molecule has 0 saturated heterocycles. The molecule has 0 heterocycles. The lowest BCUT2D eigenvalue weighted by Gasteiger charge is -2.00. The highest BCUT2D eigenvalue weighted by atomic mass is 14.7. The summed E-state index contributed by atoms with van der Waals surface area (Å²) in [5.41, 5.74) is 18.5. The molecule has 0 aliphatic carbocycles. The van der Waals surface area contributed by atoms with Gasteiger partial charge in [-0.2, -0.15) is 0 Å². The Hall–Kier alpha value is -1.66. The van der Waals surface area contributed by atoms with Gasteiger partial charge in [0.05, 0.1) is 11.4 Å². The van der Waals surface area contributed by atoms with Crippen LogP contribution in [-0.4, -0.2) is 6.54 Å². The molecule has 0 amide bonds. The molecule has 0 fully saturated rings. The number of nitrogen functional groups attached to an aromatic ring is 2. The van der Waals surface area contributed by atoms with Gasteiger partial charge < -0.3 is 17.2 Å². The van der Waals surface area contributed by atoms with E-state index in [-0.39, 0.29) is 0 Å². The third-order valence-electron chi connectivity index (χ3n) is 1.63. The summed E-state index contributed by atoms with van der Waals surface area (Å²) in [7, 11) is 0. The average molecular weight is 175 g/mol. The van der Waals surface area contributed by atoms with Crippen LogP contribution in [0.25, 0.3) is 0 Å². The first-order valence-corrected chi connectivity index (χ1v) is 4.08. The number of rotatable bonds is 1. The predicted octanol–water partition coefficient (Wildman–Crippen LogP) is 0.551. The van der Waals surface area contributed by atoms with Gasteiger partial charge in [-0.15, -0.1) is 0 Å². The van der Waals surface area contributed by atoms with E-state index < -0.39 is 0 Å². The Balaban J connectivity index is 2.91. The van der Waals surface area contributed by atoms with Crippen molar-refractivity contribution in [1.82, 2.24) is 0 Å². The molecule has 68 valence electrons. The van der Waals surface area contributed by atoms with E-state index in [1.54, 1.807) is 6.07 Å². The van der Waals surface area contributed by atoms with Crippen molar-refractivity contribution in [3.8, 4) is 11.8 Å². The zero-order chi connectivity index (χ0) is 9.68. The minimum Gasteiger partial charge on any atom is -0.397 e. The van der Waals surface area contributed by atoms with Crippen LogP contribution < -0.4 is 17.2 Å². The van der Waals surface area contributed by atoms with Gasteiger partial charge in [-0.05, 0) is 12.1 Å². The van der Waals surface area contributed by atoms with Crippen LogP contribution in [0.3, 0.4) is 0 Å². The molecule has 1 aromatic rings. The van der Waals surface area contributed by atoms with Crippen LogP contribution in [0.5, 0.6) is 0 Å². The highest BCUT2D eigenvalue weighted by Gasteiger charge is 1.97. The van der Waals surface area contributed by atoms with Crippen LogP contribution >= 0.6 is 0 Å². The Labute approximate surface area is 77.9 Å². The van der Waals surface area contributed by atoms with Crippen molar-refractivity contribution in [3.63, 3.8) is 0 Å². The molecule has 0 bridgehead atoms. The summed E-state index contributed by atoms with van der Waals surface area (Å²) >= 11 is 0. The molecule has 3 heteroatoms. The van der Waals surface area contributed by atoms with Crippen molar-refractivity contribution in [2.45, 2.75) is 6.42 Å². The molecule has 0 radical (unpaired) electrons. The van der Waals surface area contributed by atoms with Crippen molar-refractivity contribution in [2.24, 2.45) is 5.73 Å². The Bertz CT molecular complexity index is 347. The summed E-state index contributed by atoms with van der Waals surface area (Å²) in [6.07, 6.45) is 0.675. The van der Waals surface area contributed by atoms with Gasteiger partial charge in [-0.3, -0.25) is 0 Å². The van der Waals surface area contributed by atoms with Crippen LogP contribution in [0.1, 0.15) is 12.0 Å². The van der Waals surface area contributed by atoms with Crippen LogP contribution in [0, 0.1) is 11.8 Å². The molecule has 0 aromatic heterocycles. The molecule has 1 aromatic carbocycles. The molecule has 13 heavy (non-hydrogen) atoms. The van der Waals surface area contributed by atoms with E-state index in [1.165, 1.54) is 0 Å². The minimum absolute atomic E-state index is 0.548. The molecule has 3 nitrogen and oxygen atoms in total. The molecule has 6 N–H and O–H groups in total. The van der Waals surface area contributed by atoms with Crippen molar-refractivity contribution < 1.29 is 0 Å². The summed E-state index contributed by atoms with van der Waals surface area (Å²) in [5.74, 6) is 5.83. The smallest absolute Gasteiger partial charge is 0.0706 e. The molecule has 0 aliphatic rings. The second kappa shape index (κ2) is 4.39. The Kier molecular flexibility index (Phi) is 3.18. The van der Waals surface area contributed by atoms with Crippen molar-refractivity contribution >= 4 is 11.4 Å². The Morgan fingerprint density at radius 1 is 1.23 bits per heavy atom. The summed E-state index contributed by atoms with van der Waals surface area (Å²) < 4.78 is 0. The van der Waals surface area contributed by atoms with Gasteiger partial charge in [-0.25, -0.2) is 0 Å². The van der Waals surface area contributed by atoms with Crippen LogP contribution in [0.2, 0.25) is 0 Å². The monoisotopic (exact) mass is 175 g/mol. The quantitative estimate of drug-likeness (QED) is 0.431. The molecular formula is C10H13N3. The summed E-state index contributed by atoms with van der Waals surface area (Å²) in [5, 5.41) is 0. The normalized spacial score (nSPS) is 9.00. The van der Waals surface area contributed by atoms with E-state index in [0.717, 1.165) is 5.56 Å². The molecule has 0 atom stereocenters. The first-order valence-electron chi connectivity index (χ1n) is 4.08. The van der Waals surface area contributed by atoms with Crippen molar-refractivity contribution in [3.05, 3.63) is 23.8 Å². The second-order valence-electron chi connectivity index (χ2n) is 2.65. The summed E-state index contributed by atoms with van der Waals surface area (Å²) in [4.78, 5) is 0. The van der Waals surface area contributed by atoms with E-state index in [1.807, 2.05) is 12.1 Å². The van der Waals surface area contributed by atoms with Gasteiger partial charge in [0.25, 0.3) is 0 Å². The van der Waals surface area contributed by atoms with Gasteiger partial charge in [0.15, 0.2) is 0 Å². The molecule has 0 unspecified atom stereocenters. The minimum atomic E-state index is 0.548. The zero-order valence-corrected chi connectivity index (χ0v) is 7.38. The summed E-state index contributed by atoms with van der Waals surface area (Å²) in [6.45, 7) is 0.565. The zero-order valence-electron chi connectivity index (χ0n) is 7.38. The van der Waals surface area contributed by atoms with E-state index >= 15 is 0 Å². The van der Waals surface area contributed by atoms with E-state index in [9.17, 15) is 0 Å². The highest BCUT2D eigenvalue weighted by molar-refractivity contribution is 5.71. The number of anilines is 2. The lowest BCUT2D eigenvalue weighted by atomic mass is 10.1. The fraction of sp³-hybridized carbons (Fsp3) is 0.200. The highest BCUT2D eigenvalue weighted by Crippen LogP contribution is 2.17. The van der Waals surface area contributed by atoms with Crippen molar-refractivity contribution in [1.29, 1.82) is 0 Å². The third-order valence-corrected chi connectivity index (χ3v) is 1.63. The summed E-state index contributed by atoms with van der Waals surface area (Å²) in [6, 6.07) is 5.43. The first-order chi connectivity index (χ1) is 6.25. The first kappa shape index (κ1) is 9.43. The SMILES string of the molecule is NCCC#Cc1cccc(N)c1N. The Morgan fingerprint density at radius 3 is 2.69 bits per heavy atom. The van der Waals surface area contributed by atoms with E-state index in [2.05, 4.69) is 11.8 Å². The average Bonchev–Trinajstić information content (AvgIpc) is 2.13. The van der Waals surface area contributed by atoms with E-state index in [0.29, 0.717) is 24.3 Å². The molecule has 0 saturated carbocycles. The lowest BCUT2D eigenvalue weighted by molar-refractivity contribution is 1.03. The van der Waals surface area contributed by atoms with Crippen LogP contribution in [-0.2, 0) is 0 Å². The molecule has 0 aliphatic heterocycles. The maximum atomic E-state index is 5.71. The van der Waals surface area contributed by atoms with Gasteiger partial charge in [0, 0.05) is 18.5 Å². The van der Waals surface area contributed by atoms with Gasteiger partial charge in [0.2, 0.25) is 0 Å². The molecule has 0 spiro atoms. The number of hydrogen-bond donors (Lipinski definition) is 3. The number of para-hydroxylation sites is 1. The largest absolute Gasteiger partial charge is 0.397 e. The number of benzene rings is 1. The van der Waals surface area contributed by atoms with Gasteiger partial charge >= 0.3 is 0 Å². The standard InChI is InChI=1S/C10H13N3/c11-7-2-1-4-8-5-3-6-9(12)10(8)13/h3,5-6H,2,7,11-13H2. The maximum Gasteiger partial charge on any atom is 0.0706 e. The number of nitrogens with two attached hydrogens (primary N) is 3. The molecule has 1 rings (SSSR count). The van der Waals surface area contributed by atoms with Crippen LogP contribution in [0.4, 0.5) is 11.4 Å². The van der Waals surface area contributed by atoms with Gasteiger partial charge in [0.1, 0.15) is 0 Å². The fourth-order valence-electron chi connectivity index (χ4n) is 0.922. The second-order valence-corrected chi connectivity index (χ2v) is 2.65. The van der Waals surface area contributed by atoms with E-state index in [4.69, 9.17) is 17.2 Å². The third kappa shape index (κ3) is 2.39. The molecular weight excluding hydrogens is 162 g/mol.